The van der Waals surface area contributed by atoms with Gasteiger partial charge in [-0.15, -0.1) is 11.3 Å². The lowest BCUT2D eigenvalue weighted by molar-refractivity contribution is 0.981. The van der Waals surface area contributed by atoms with Gasteiger partial charge in [0, 0.05) is 23.9 Å². The van der Waals surface area contributed by atoms with Gasteiger partial charge in [0.1, 0.15) is 21.6 Å². The Labute approximate surface area is 151 Å². The molecule has 1 aromatic carbocycles. The van der Waals surface area contributed by atoms with E-state index in [0.717, 1.165) is 22.7 Å². The zero-order chi connectivity index (χ0) is 16.2. The van der Waals surface area contributed by atoms with Crippen LogP contribution in [-0.4, -0.2) is 15.9 Å². The molecule has 0 saturated carbocycles. The molecule has 2 aromatic heterocycles. The van der Waals surface area contributed by atoms with E-state index in [1.807, 2.05) is 35.7 Å². The monoisotopic (exact) mass is 380 g/mol. The fraction of sp³-hybridized carbons (Fsp3) is 0.133. The molecule has 0 radical (unpaired) electrons. The molecule has 4 nitrogen and oxygen atoms in total. The smallest absolute Gasteiger partial charge is 0.162 e. The summed E-state index contributed by atoms with van der Waals surface area (Å²) in [5.74, 6) is 0. The van der Waals surface area contributed by atoms with E-state index in [1.165, 1.54) is 11.5 Å². The number of aromatic nitrogens is 2. The van der Waals surface area contributed by atoms with Gasteiger partial charge in [0.05, 0.1) is 10.7 Å². The van der Waals surface area contributed by atoms with Crippen molar-refractivity contribution in [2.45, 2.75) is 6.42 Å². The lowest BCUT2D eigenvalue weighted by atomic mass is 10.2. The molecule has 0 aliphatic carbocycles. The number of anilines is 1. The summed E-state index contributed by atoms with van der Waals surface area (Å²) in [7, 11) is 0. The standard InChI is InChI=1S/C15H10Cl2N4S2/c16-12-4-2-1-3-10(12)15-20-9(8-22-15)5-6-19-14-11(7-18)13(17)21-23-14/h1-4,8,19H,5-6H2. The molecule has 0 amide bonds. The highest BCUT2D eigenvalue weighted by Gasteiger charge is 2.12. The van der Waals surface area contributed by atoms with Crippen LogP contribution in [0.5, 0.6) is 0 Å². The number of nitrogens with one attached hydrogen (secondary N) is 1. The van der Waals surface area contributed by atoms with Crippen LogP contribution in [0.2, 0.25) is 10.2 Å². The zero-order valence-corrected chi connectivity index (χ0v) is 14.9. The second-order valence-corrected chi connectivity index (χ2v) is 6.99. The van der Waals surface area contributed by atoms with Crippen molar-refractivity contribution in [1.82, 2.24) is 9.36 Å². The molecule has 2 heterocycles. The van der Waals surface area contributed by atoms with Gasteiger partial charge in [0.15, 0.2) is 5.15 Å². The van der Waals surface area contributed by atoms with Crippen LogP contribution in [0, 0.1) is 11.3 Å². The van der Waals surface area contributed by atoms with Crippen molar-refractivity contribution in [1.29, 1.82) is 5.26 Å². The summed E-state index contributed by atoms with van der Waals surface area (Å²) in [6, 6.07) is 9.71. The van der Waals surface area contributed by atoms with E-state index in [-0.39, 0.29) is 5.15 Å². The summed E-state index contributed by atoms with van der Waals surface area (Å²) in [4.78, 5) is 4.61. The Morgan fingerprint density at radius 2 is 2.09 bits per heavy atom. The number of hydrogen-bond acceptors (Lipinski definition) is 6. The van der Waals surface area contributed by atoms with Gasteiger partial charge in [-0.05, 0) is 17.6 Å². The number of benzene rings is 1. The summed E-state index contributed by atoms with van der Waals surface area (Å²) in [6.07, 6.45) is 0.737. The van der Waals surface area contributed by atoms with Crippen molar-refractivity contribution in [3.05, 3.63) is 51.1 Å². The molecular formula is C15H10Cl2N4S2. The first kappa shape index (κ1) is 16.2. The van der Waals surface area contributed by atoms with Gasteiger partial charge >= 0.3 is 0 Å². The van der Waals surface area contributed by atoms with Crippen LogP contribution in [-0.2, 0) is 6.42 Å². The van der Waals surface area contributed by atoms with E-state index in [0.29, 0.717) is 22.1 Å². The van der Waals surface area contributed by atoms with Crippen LogP contribution in [0.4, 0.5) is 5.00 Å². The van der Waals surface area contributed by atoms with Crippen LogP contribution >= 0.6 is 46.1 Å². The summed E-state index contributed by atoms with van der Waals surface area (Å²) in [6.45, 7) is 0.652. The molecule has 0 fully saturated rings. The van der Waals surface area contributed by atoms with Gasteiger partial charge in [-0.3, -0.25) is 0 Å². The summed E-state index contributed by atoms with van der Waals surface area (Å²) in [5.41, 5.74) is 2.32. The molecule has 0 atom stereocenters. The van der Waals surface area contributed by atoms with Gasteiger partial charge in [0.2, 0.25) is 0 Å². The molecule has 0 saturated heterocycles. The molecule has 3 aromatic rings. The molecule has 0 spiro atoms. The van der Waals surface area contributed by atoms with Crippen LogP contribution < -0.4 is 5.32 Å². The molecule has 1 N–H and O–H groups in total. The normalized spacial score (nSPS) is 10.5. The van der Waals surface area contributed by atoms with Gasteiger partial charge in [-0.2, -0.15) is 9.64 Å². The van der Waals surface area contributed by atoms with Crippen LogP contribution in [0.25, 0.3) is 10.6 Å². The third kappa shape index (κ3) is 3.65. The van der Waals surface area contributed by atoms with Gasteiger partial charge in [-0.25, -0.2) is 4.98 Å². The number of rotatable bonds is 5. The fourth-order valence-corrected chi connectivity index (χ4v) is 4.11. The Bertz CT molecular complexity index is 866. The predicted molar refractivity (Wildman–Crippen MR) is 96.6 cm³/mol. The van der Waals surface area contributed by atoms with Crippen LogP contribution in [0.1, 0.15) is 11.3 Å². The van der Waals surface area contributed by atoms with E-state index in [9.17, 15) is 0 Å². The molecule has 23 heavy (non-hydrogen) atoms. The topological polar surface area (TPSA) is 61.6 Å². The van der Waals surface area contributed by atoms with Crippen molar-refractivity contribution in [3.63, 3.8) is 0 Å². The lowest BCUT2D eigenvalue weighted by Gasteiger charge is -2.02. The zero-order valence-electron chi connectivity index (χ0n) is 11.7. The fourth-order valence-electron chi connectivity index (χ4n) is 1.97. The van der Waals surface area contributed by atoms with Crippen molar-refractivity contribution in [3.8, 4) is 16.6 Å². The van der Waals surface area contributed by atoms with E-state index in [2.05, 4.69) is 14.7 Å². The second kappa shape index (κ2) is 7.28. The minimum absolute atomic E-state index is 0.245. The highest BCUT2D eigenvalue weighted by Crippen LogP contribution is 2.30. The molecule has 116 valence electrons. The Kier molecular flexibility index (Phi) is 5.13. The van der Waals surface area contributed by atoms with E-state index in [1.54, 1.807) is 11.3 Å². The molecule has 3 rings (SSSR count). The molecule has 8 heteroatoms. The number of nitriles is 1. The SMILES string of the molecule is N#Cc1c(Cl)nsc1NCCc1csc(-c2ccccc2Cl)n1. The van der Waals surface area contributed by atoms with E-state index >= 15 is 0 Å². The van der Waals surface area contributed by atoms with Crippen LogP contribution in [0.3, 0.4) is 0 Å². The first-order valence-electron chi connectivity index (χ1n) is 6.67. The van der Waals surface area contributed by atoms with Crippen LogP contribution in [0.15, 0.2) is 29.6 Å². The molecular weight excluding hydrogens is 371 g/mol. The average Bonchev–Trinajstić information content (AvgIpc) is 3.15. The Morgan fingerprint density at radius 3 is 2.87 bits per heavy atom. The first-order valence-corrected chi connectivity index (χ1v) is 9.08. The number of nitrogens with zero attached hydrogens (tertiary/aromatic N) is 3. The molecule has 0 bridgehead atoms. The average molecular weight is 381 g/mol. The predicted octanol–water partition coefficient (Wildman–Crippen LogP) is 5.10. The van der Waals surface area contributed by atoms with Gasteiger partial charge in [0.25, 0.3) is 0 Å². The number of halogens is 2. The summed E-state index contributed by atoms with van der Waals surface area (Å²) in [5, 5.41) is 16.8. The number of thiazole rings is 1. The maximum atomic E-state index is 9.03. The summed E-state index contributed by atoms with van der Waals surface area (Å²) >= 11 is 14.8. The van der Waals surface area contributed by atoms with E-state index in [4.69, 9.17) is 28.5 Å². The van der Waals surface area contributed by atoms with Gasteiger partial charge in [-0.1, -0.05) is 41.4 Å². The number of hydrogen-bond donors (Lipinski definition) is 1. The highest BCUT2D eigenvalue weighted by atomic mass is 35.5. The maximum Gasteiger partial charge on any atom is 0.162 e. The van der Waals surface area contributed by atoms with Gasteiger partial charge < -0.3 is 5.32 Å². The first-order chi connectivity index (χ1) is 11.2. The Balaban J connectivity index is 1.64. The quantitative estimate of drug-likeness (QED) is 0.668. The molecule has 0 aliphatic rings. The Morgan fingerprint density at radius 1 is 1.26 bits per heavy atom. The Hall–Kier alpha value is -1.65. The largest absolute Gasteiger partial charge is 0.374 e. The van der Waals surface area contributed by atoms with Crippen molar-refractivity contribution in [2.75, 3.05) is 11.9 Å². The highest BCUT2D eigenvalue weighted by molar-refractivity contribution is 7.13. The van der Waals surface area contributed by atoms with Crippen molar-refractivity contribution in [2.24, 2.45) is 0 Å². The molecule has 0 unspecified atom stereocenters. The second-order valence-electron chi connectivity index (χ2n) is 4.59. The lowest BCUT2D eigenvalue weighted by Crippen LogP contribution is -2.04. The van der Waals surface area contributed by atoms with E-state index < -0.39 is 0 Å². The third-order valence-electron chi connectivity index (χ3n) is 3.08. The molecule has 0 aliphatic heterocycles. The maximum absolute atomic E-state index is 9.03. The minimum Gasteiger partial charge on any atom is -0.374 e. The van der Waals surface area contributed by atoms with Crippen molar-refractivity contribution >= 4 is 51.1 Å². The van der Waals surface area contributed by atoms with Crippen molar-refractivity contribution < 1.29 is 0 Å². The summed E-state index contributed by atoms with van der Waals surface area (Å²) < 4.78 is 3.96. The minimum atomic E-state index is 0.245. The third-order valence-corrected chi connectivity index (χ3v) is 5.52.